The molecule has 0 unspecified atom stereocenters. The molecular weight excluding hydrogens is 382 g/mol. The smallest absolute Gasteiger partial charge is 0.336 e. The minimum Gasteiger partial charge on any atom is -0.354 e. The van der Waals surface area contributed by atoms with Gasteiger partial charge >= 0.3 is 5.69 Å². The van der Waals surface area contributed by atoms with E-state index in [-0.39, 0.29) is 11.7 Å². The van der Waals surface area contributed by atoms with Crippen LogP contribution in [-0.2, 0) is 4.79 Å². The lowest BCUT2D eigenvalue weighted by atomic mass is 10.1. The van der Waals surface area contributed by atoms with E-state index >= 15 is 0 Å². The highest BCUT2D eigenvalue weighted by atomic mass is 16.2. The SMILES string of the molecule is CCCNC(=O)[C@H](CC)n1c(=O)n(-c2cccc(C(C)=O)c2)c(=O)c2ccccc21. The van der Waals surface area contributed by atoms with Crippen molar-refractivity contribution >= 4 is 22.6 Å². The van der Waals surface area contributed by atoms with Crippen LogP contribution in [0.2, 0.25) is 0 Å². The van der Waals surface area contributed by atoms with Crippen LogP contribution in [0.3, 0.4) is 0 Å². The van der Waals surface area contributed by atoms with Crippen molar-refractivity contribution < 1.29 is 9.59 Å². The summed E-state index contributed by atoms with van der Waals surface area (Å²) in [6.07, 6.45) is 1.15. The number of para-hydroxylation sites is 1. The van der Waals surface area contributed by atoms with Crippen molar-refractivity contribution in [1.29, 1.82) is 0 Å². The Labute approximate surface area is 174 Å². The highest BCUT2D eigenvalue weighted by Crippen LogP contribution is 2.18. The zero-order valence-corrected chi connectivity index (χ0v) is 17.3. The molecular formula is C23H25N3O4. The third-order valence-electron chi connectivity index (χ3n) is 5.06. The maximum absolute atomic E-state index is 13.5. The molecule has 1 N–H and O–H groups in total. The van der Waals surface area contributed by atoms with Crippen LogP contribution in [0.5, 0.6) is 0 Å². The molecule has 3 aromatic rings. The largest absolute Gasteiger partial charge is 0.354 e. The van der Waals surface area contributed by atoms with Gasteiger partial charge in [-0.05, 0) is 44.0 Å². The van der Waals surface area contributed by atoms with E-state index in [1.807, 2.05) is 13.8 Å². The Morgan fingerprint density at radius 3 is 2.43 bits per heavy atom. The van der Waals surface area contributed by atoms with E-state index in [0.717, 1.165) is 11.0 Å². The Morgan fingerprint density at radius 2 is 1.77 bits per heavy atom. The molecule has 0 aliphatic rings. The van der Waals surface area contributed by atoms with Crippen LogP contribution in [0.15, 0.2) is 58.1 Å². The fourth-order valence-corrected chi connectivity index (χ4v) is 3.53. The minimum atomic E-state index is -0.767. The van der Waals surface area contributed by atoms with Gasteiger partial charge in [0.15, 0.2) is 5.78 Å². The van der Waals surface area contributed by atoms with Gasteiger partial charge in [0.2, 0.25) is 5.91 Å². The number of hydrogen-bond acceptors (Lipinski definition) is 4. The molecule has 3 rings (SSSR count). The molecule has 0 fully saturated rings. The number of Topliss-reactive ketones (excluding diaryl/α,β-unsaturated/α-hetero) is 1. The summed E-state index contributed by atoms with van der Waals surface area (Å²) in [5.74, 6) is -0.439. The fourth-order valence-electron chi connectivity index (χ4n) is 3.53. The average molecular weight is 407 g/mol. The molecule has 2 aromatic carbocycles. The molecule has 0 bridgehead atoms. The summed E-state index contributed by atoms with van der Waals surface area (Å²) in [4.78, 5) is 51.3. The van der Waals surface area contributed by atoms with Crippen molar-refractivity contribution in [2.45, 2.75) is 39.7 Å². The fraction of sp³-hybridized carbons (Fsp3) is 0.304. The van der Waals surface area contributed by atoms with Gasteiger partial charge in [0.05, 0.1) is 16.6 Å². The summed E-state index contributed by atoms with van der Waals surface area (Å²) < 4.78 is 2.41. The number of benzene rings is 2. The zero-order valence-electron chi connectivity index (χ0n) is 17.3. The van der Waals surface area contributed by atoms with Gasteiger partial charge in [-0.25, -0.2) is 9.36 Å². The van der Waals surface area contributed by atoms with Crippen molar-refractivity contribution in [3.05, 3.63) is 74.9 Å². The van der Waals surface area contributed by atoms with Crippen LogP contribution in [0, 0.1) is 0 Å². The Kier molecular flexibility index (Phi) is 6.30. The van der Waals surface area contributed by atoms with E-state index in [9.17, 15) is 19.2 Å². The van der Waals surface area contributed by atoms with Gasteiger partial charge < -0.3 is 5.32 Å². The molecule has 1 aromatic heterocycles. The molecule has 0 radical (unpaired) electrons. The monoisotopic (exact) mass is 407 g/mol. The first-order valence-corrected chi connectivity index (χ1v) is 10.1. The van der Waals surface area contributed by atoms with Crippen LogP contribution in [0.25, 0.3) is 16.6 Å². The van der Waals surface area contributed by atoms with E-state index < -0.39 is 17.3 Å². The second kappa shape index (κ2) is 8.90. The van der Waals surface area contributed by atoms with Crippen molar-refractivity contribution in [1.82, 2.24) is 14.5 Å². The van der Waals surface area contributed by atoms with E-state index in [1.165, 1.54) is 17.6 Å². The van der Waals surface area contributed by atoms with Crippen molar-refractivity contribution in [2.75, 3.05) is 6.54 Å². The van der Waals surface area contributed by atoms with E-state index in [1.54, 1.807) is 42.5 Å². The lowest BCUT2D eigenvalue weighted by Gasteiger charge is -2.21. The quantitative estimate of drug-likeness (QED) is 0.610. The third-order valence-corrected chi connectivity index (χ3v) is 5.06. The summed E-state index contributed by atoms with van der Waals surface area (Å²) in [5.41, 5.74) is -0.00787. The third kappa shape index (κ3) is 3.83. The summed E-state index contributed by atoms with van der Waals surface area (Å²) >= 11 is 0. The number of carbonyl (C=O) groups is 2. The van der Waals surface area contributed by atoms with E-state index in [2.05, 4.69) is 5.32 Å². The van der Waals surface area contributed by atoms with Crippen LogP contribution in [0.1, 0.15) is 50.0 Å². The number of amides is 1. The predicted molar refractivity (Wildman–Crippen MR) is 116 cm³/mol. The maximum atomic E-state index is 13.5. The lowest BCUT2D eigenvalue weighted by molar-refractivity contribution is -0.124. The highest BCUT2D eigenvalue weighted by molar-refractivity contribution is 5.94. The van der Waals surface area contributed by atoms with Crippen LogP contribution in [-0.4, -0.2) is 27.4 Å². The van der Waals surface area contributed by atoms with Gasteiger partial charge in [0.1, 0.15) is 6.04 Å². The number of ketones is 1. The standard InChI is InChI=1S/C23H25N3O4/c1-4-13-24-21(28)19(5-2)26-20-12-7-6-11-18(20)22(29)25(23(26)30)17-10-8-9-16(14-17)15(3)27/h6-12,14,19H,4-5,13H2,1-3H3,(H,24,28)/t19-/m0/s1. The second-order valence-corrected chi connectivity index (χ2v) is 7.13. The number of hydrogen-bond donors (Lipinski definition) is 1. The van der Waals surface area contributed by atoms with Crippen molar-refractivity contribution in [3.8, 4) is 5.69 Å². The first-order chi connectivity index (χ1) is 14.4. The minimum absolute atomic E-state index is 0.170. The number of nitrogens with one attached hydrogen (secondary N) is 1. The number of aromatic nitrogens is 2. The van der Waals surface area contributed by atoms with Gasteiger partial charge in [0.25, 0.3) is 5.56 Å². The molecule has 7 nitrogen and oxygen atoms in total. The molecule has 1 atom stereocenters. The Hall–Kier alpha value is -3.48. The van der Waals surface area contributed by atoms with Crippen molar-refractivity contribution in [3.63, 3.8) is 0 Å². The molecule has 7 heteroatoms. The Balaban J connectivity index is 2.35. The highest BCUT2D eigenvalue weighted by Gasteiger charge is 2.24. The molecule has 30 heavy (non-hydrogen) atoms. The molecule has 156 valence electrons. The first-order valence-electron chi connectivity index (χ1n) is 10.1. The van der Waals surface area contributed by atoms with Gasteiger partial charge in [-0.1, -0.05) is 38.1 Å². The second-order valence-electron chi connectivity index (χ2n) is 7.13. The van der Waals surface area contributed by atoms with Crippen molar-refractivity contribution in [2.24, 2.45) is 0 Å². The predicted octanol–water partition coefficient (Wildman–Crippen LogP) is 2.83. The van der Waals surface area contributed by atoms with Gasteiger partial charge in [0, 0.05) is 12.1 Å². The zero-order chi connectivity index (χ0) is 21.8. The normalized spacial score (nSPS) is 12.0. The summed E-state index contributed by atoms with van der Waals surface area (Å²) in [6.45, 7) is 5.70. The molecule has 0 saturated heterocycles. The van der Waals surface area contributed by atoms with Crippen LogP contribution < -0.4 is 16.6 Å². The number of fused-ring (bicyclic) bond motifs is 1. The lowest BCUT2D eigenvalue weighted by Crippen LogP contribution is -2.44. The van der Waals surface area contributed by atoms with Crippen LogP contribution in [0.4, 0.5) is 0 Å². The number of carbonyl (C=O) groups excluding carboxylic acids is 2. The van der Waals surface area contributed by atoms with E-state index in [4.69, 9.17) is 0 Å². The molecule has 0 spiro atoms. The van der Waals surface area contributed by atoms with Gasteiger partial charge in [-0.3, -0.25) is 19.0 Å². The van der Waals surface area contributed by atoms with E-state index in [0.29, 0.717) is 35.1 Å². The topological polar surface area (TPSA) is 90.2 Å². The molecule has 1 heterocycles. The Morgan fingerprint density at radius 1 is 1.03 bits per heavy atom. The summed E-state index contributed by atoms with van der Waals surface area (Å²) in [7, 11) is 0. The first kappa shape index (κ1) is 21.2. The van der Waals surface area contributed by atoms with Gasteiger partial charge in [-0.15, -0.1) is 0 Å². The molecule has 0 saturated carbocycles. The maximum Gasteiger partial charge on any atom is 0.336 e. The molecule has 0 aliphatic heterocycles. The van der Waals surface area contributed by atoms with Gasteiger partial charge in [-0.2, -0.15) is 0 Å². The number of nitrogens with zero attached hydrogens (tertiary/aromatic N) is 2. The molecule has 0 aliphatic carbocycles. The summed E-state index contributed by atoms with van der Waals surface area (Å²) in [5, 5.41) is 3.17. The Bertz CT molecular complexity index is 1220. The van der Waals surface area contributed by atoms with Crippen LogP contribution >= 0.6 is 0 Å². The number of rotatable bonds is 7. The average Bonchev–Trinajstić information content (AvgIpc) is 2.75. The summed E-state index contributed by atoms with van der Waals surface area (Å²) in [6, 6.07) is 12.4. The molecule has 1 amide bonds.